The smallest absolute Gasteiger partial charge is 0.234 e. The van der Waals surface area contributed by atoms with Gasteiger partial charge in [-0.1, -0.05) is 0 Å². The van der Waals surface area contributed by atoms with Crippen molar-refractivity contribution in [1.82, 2.24) is 0 Å². The van der Waals surface area contributed by atoms with Gasteiger partial charge in [-0.05, 0) is 0 Å². The minimum atomic E-state index is -5.38. The van der Waals surface area contributed by atoms with Gasteiger partial charge < -0.3 is 0 Å². The fourth-order valence-corrected chi connectivity index (χ4v) is 0.930. The molecule has 0 spiro atoms. The van der Waals surface area contributed by atoms with Gasteiger partial charge in [-0.25, -0.2) is 19.2 Å². The van der Waals surface area contributed by atoms with Gasteiger partial charge in [-0.3, -0.25) is 0 Å². The molecule has 15 heavy (non-hydrogen) atoms. The predicted octanol–water partition coefficient (Wildman–Crippen LogP) is 0.0599. The number of rotatable bonds is 1. The Bertz CT molecular complexity index is 320. The molecule has 1 heterocycles. The fourth-order valence-electron chi connectivity index (χ4n) is 0.930. The quantitative estimate of drug-likeness (QED) is 0.390. The van der Waals surface area contributed by atoms with E-state index < -0.39 is 41.6 Å². The third-order valence-electron chi connectivity index (χ3n) is 1.68. The first-order valence-corrected chi connectivity index (χ1v) is 3.67. The van der Waals surface area contributed by atoms with Gasteiger partial charge in [0.15, 0.2) is 0 Å². The first-order valence-electron chi connectivity index (χ1n) is 3.67. The van der Waals surface area contributed by atoms with E-state index in [-0.39, 0.29) is 0 Å². The molecule has 0 aromatic heterocycles. The van der Waals surface area contributed by atoms with E-state index in [9.17, 15) is 27.6 Å². The molecule has 84 valence electrons. The minimum absolute atomic E-state index is 0.472. The van der Waals surface area contributed by atoms with Gasteiger partial charge in [-0.15, -0.1) is 0 Å². The van der Waals surface area contributed by atoms with Crippen molar-refractivity contribution in [3.8, 4) is 0 Å². The largest absolute Gasteiger partial charge is 0.497 e. The second kappa shape index (κ2) is 3.28. The summed E-state index contributed by atoms with van der Waals surface area (Å²) in [5, 5.41) is 9.06. The van der Waals surface area contributed by atoms with E-state index in [0.29, 0.717) is 0 Å². The lowest BCUT2D eigenvalue weighted by Crippen LogP contribution is -2.52. The zero-order valence-electron chi connectivity index (χ0n) is 7.08. The monoisotopic (exact) mass is 228 g/mol. The number of nitrogens with zero attached hydrogens (tertiary/aromatic N) is 1. The van der Waals surface area contributed by atoms with Crippen molar-refractivity contribution >= 4 is 17.8 Å². The highest BCUT2D eigenvalue weighted by Crippen LogP contribution is 2.25. The molecule has 2 amide bonds. The summed E-state index contributed by atoms with van der Waals surface area (Å²) in [5.74, 6) is -5.41. The van der Waals surface area contributed by atoms with Crippen LogP contribution in [0.25, 0.3) is 0 Å². The van der Waals surface area contributed by atoms with E-state index in [1.807, 2.05) is 0 Å². The van der Waals surface area contributed by atoms with Crippen molar-refractivity contribution in [1.29, 1.82) is 0 Å². The van der Waals surface area contributed by atoms with Gasteiger partial charge in [-0.2, -0.15) is 18.4 Å². The van der Waals surface area contributed by atoms with Gasteiger partial charge in [0.1, 0.15) is 4.81 Å². The van der Waals surface area contributed by atoms with Crippen LogP contribution in [-0.2, 0) is 19.2 Å². The van der Waals surface area contributed by atoms with E-state index in [2.05, 4.69) is 4.84 Å². The minimum Gasteiger partial charge on any atom is -0.234 e. The van der Waals surface area contributed by atoms with Gasteiger partial charge in [0.05, 0.1) is 12.8 Å². The lowest BCUT2D eigenvalue weighted by Gasteiger charge is -2.16. The number of amides is 2. The molecule has 1 N–H and O–H groups in total. The summed E-state index contributed by atoms with van der Waals surface area (Å²) in [6.45, 7) is 0. The standard InChI is InChI=1S/C6H5F3NO5/c7-6(8,9)5(13)15-10(14)3(11)1-2-4(10)12/h14H,1-2H2/q+1. The number of carbonyl (C=O) groups excluding carboxylic acids is 3. The van der Waals surface area contributed by atoms with Crippen LogP contribution in [0, 0.1) is 0 Å². The summed E-state index contributed by atoms with van der Waals surface area (Å²) >= 11 is 0. The normalized spacial score (nSPS) is 20.5. The van der Waals surface area contributed by atoms with Crippen LogP contribution in [0.15, 0.2) is 0 Å². The fraction of sp³-hybridized carbons (Fsp3) is 0.500. The molecule has 0 saturated carbocycles. The Morgan fingerprint density at radius 1 is 1.27 bits per heavy atom. The second-order valence-electron chi connectivity index (χ2n) is 2.74. The lowest BCUT2D eigenvalue weighted by atomic mass is 10.4. The molecule has 1 aliphatic rings. The SMILES string of the molecule is O=C(O[N+]1(O)C(=O)CCC1=O)C(F)(F)F. The van der Waals surface area contributed by atoms with Crippen molar-refractivity contribution in [3.63, 3.8) is 0 Å². The highest BCUT2D eigenvalue weighted by Gasteiger charge is 2.59. The third-order valence-corrected chi connectivity index (χ3v) is 1.68. The zero-order chi connectivity index (χ0) is 11.9. The average Bonchev–Trinajstić information content (AvgIpc) is 2.32. The first kappa shape index (κ1) is 11.6. The summed E-state index contributed by atoms with van der Waals surface area (Å²) in [5.41, 5.74) is 0. The molecule has 6 nitrogen and oxygen atoms in total. The number of hydrogen-bond acceptors (Lipinski definition) is 5. The Labute approximate surface area is 80.3 Å². The maximum atomic E-state index is 11.7. The highest BCUT2D eigenvalue weighted by molar-refractivity contribution is 5.91. The molecule has 0 aromatic carbocycles. The molecule has 0 radical (unpaired) electrons. The Balaban J connectivity index is 2.85. The van der Waals surface area contributed by atoms with Gasteiger partial charge in [0.25, 0.3) is 0 Å². The third kappa shape index (κ3) is 1.97. The topological polar surface area (TPSA) is 80.7 Å². The number of carbonyl (C=O) groups is 3. The van der Waals surface area contributed by atoms with Crippen LogP contribution in [0.5, 0.6) is 0 Å². The van der Waals surface area contributed by atoms with Crippen LogP contribution >= 0.6 is 0 Å². The highest BCUT2D eigenvalue weighted by atomic mass is 19.4. The van der Waals surface area contributed by atoms with Gasteiger partial charge >= 0.3 is 24.0 Å². The van der Waals surface area contributed by atoms with Crippen LogP contribution in [0.1, 0.15) is 12.8 Å². The van der Waals surface area contributed by atoms with Crippen LogP contribution in [0.4, 0.5) is 13.2 Å². The Kier molecular flexibility index (Phi) is 2.53. The van der Waals surface area contributed by atoms with Crippen molar-refractivity contribution in [2.45, 2.75) is 19.0 Å². The van der Waals surface area contributed by atoms with E-state index in [0.717, 1.165) is 0 Å². The van der Waals surface area contributed by atoms with Crippen LogP contribution in [0.2, 0.25) is 0 Å². The Morgan fingerprint density at radius 3 is 2.00 bits per heavy atom. The molecule has 0 atom stereocenters. The molecule has 0 aromatic rings. The zero-order valence-corrected chi connectivity index (χ0v) is 7.08. The summed E-state index contributed by atoms with van der Waals surface area (Å²) in [6.07, 6.45) is -6.32. The second-order valence-corrected chi connectivity index (χ2v) is 2.74. The molecule has 0 bridgehead atoms. The Morgan fingerprint density at radius 2 is 1.67 bits per heavy atom. The van der Waals surface area contributed by atoms with E-state index >= 15 is 0 Å². The maximum absolute atomic E-state index is 11.7. The van der Waals surface area contributed by atoms with Crippen molar-refractivity contribution in [2.24, 2.45) is 0 Å². The van der Waals surface area contributed by atoms with Crippen LogP contribution in [0.3, 0.4) is 0 Å². The molecule has 0 unspecified atom stereocenters. The van der Waals surface area contributed by atoms with Crippen molar-refractivity contribution < 1.29 is 42.4 Å². The van der Waals surface area contributed by atoms with Gasteiger partial charge in [0.2, 0.25) is 0 Å². The molecule has 1 saturated heterocycles. The summed E-state index contributed by atoms with van der Waals surface area (Å²) < 4.78 is 35.1. The molecule has 1 fully saturated rings. The molecule has 1 aliphatic heterocycles. The number of quaternary nitrogens is 1. The van der Waals surface area contributed by atoms with E-state index in [4.69, 9.17) is 5.21 Å². The summed E-state index contributed by atoms with van der Waals surface area (Å²) in [6, 6.07) is 0. The predicted molar refractivity (Wildman–Crippen MR) is 33.4 cm³/mol. The van der Waals surface area contributed by atoms with Crippen molar-refractivity contribution in [3.05, 3.63) is 0 Å². The average molecular weight is 228 g/mol. The lowest BCUT2D eigenvalue weighted by molar-refractivity contribution is -1.12. The van der Waals surface area contributed by atoms with E-state index in [1.165, 1.54) is 0 Å². The molecular formula is C6H5F3NO5+. The number of hydrogen-bond donors (Lipinski definition) is 1. The van der Waals surface area contributed by atoms with E-state index in [1.54, 1.807) is 0 Å². The number of hydroxylamine groups is 4. The number of alkyl halides is 3. The number of halogens is 3. The van der Waals surface area contributed by atoms with Gasteiger partial charge in [0, 0.05) is 0 Å². The van der Waals surface area contributed by atoms with Crippen molar-refractivity contribution in [2.75, 3.05) is 0 Å². The molecule has 1 rings (SSSR count). The molecule has 9 heteroatoms. The number of imide groups is 1. The first-order chi connectivity index (χ1) is 6.68. The van der Waals surface area contributed by atoms with Crippen LogP contribution < -0.4 is 0 Å². The summed E-state index contributed by atoms with van der Waals surface area (Å²) in [4.78, 5) is 32.8. The molecular weight excluding hydrogens is 223 g/mol. The molecule has 0 aliphatic carbocycles. The summed E-state index contributed by atoms with van der Waals surface area (Å²) in [7, 11) is 0. The maximum Gasteiger partial charge on any atom is 0.497 e. The Hall–Kier alpha value is -1.48. The van der Waals surface area contributed by atoms with Crippen LogP contribution in [-0.4, -0.2) is 34.0 Å².